The van der Waals surface area contributed by atoms with Crippen LogP contribution in [0.15, 0.2) is 6.20 Å². The highest BCUT2D eigenvalue weighted by Crippen LogP contribution is 2.20. The van der Waals surface area contributed by atoms with Crippen molar-refractivity contribution in [2.75, 3.05) is 30.0 Å². The molecule has 1 fully saturated rings. The van der Waals surface area contributed by atoms with Crippen molar-refractivity contribution in [3.63, 3.8) is 0 Å². The van der Waals surface area contributed by atoms with Crippen LogP contribution >= 0.6 is 11.8 Å². The lowest BCUT2D eigenvalue weighted by atomic mass is 10.1. The summed E-state index contributed by atoms with van der Waals surface area (Å²) >= 11 is 1.53. The molecule has 1 aromatic rings. The number of hydrogen-bond acceptors (Lipinski definition) is 5. The van der Waals surface area contributed by atoms with Gasteiger partial charge in [0, 0.05) is 30.5 Å². The van der Waals surface area contributed by atoms with Gasteiger partial charge in [0.15, 0.2) is 0 Å². The summed E-state index contributed by atoms with van der Waals surface area (Å²) in [5.41, 5.74) is 1.95. The maximum atomic E-state index is 11.7. The molecule has 1 aliphatic rings. The number of nitrogens with zero attached hydrogens (tertiary/aromatic N) is 3. The van der Waals surface area contributed by atoms with Crippen molar-refractivity contribution in [2.24, 2.45) is 0 Å². The molecule has 1 amide bonds. The number of amides is 1. The van der Waals surface area contributed by atoms with E-state index in [1.165, 1.54) is 43.9 Å². The summed E-state index contributed by atoms with van der Waals surface area (Å²) in [5, 5.41) is 3.00. The highest BCUT2D eigenvalue weighted by molar-refractivity contribution is 7.99. The average molecular weight is 337 g/mol. The quantitative estimate of drug-likeness (QED) is 0.895. The molecular weight excluding hydrogens is 308 g/mol. The minimum atomic E-state index is -0.0592. The Kier molecular flexibility index (Phi) is 7.15. The molecule has 1 aliphatic heterocycles. The van der Waals surface area contributed by atoms with Crippen LogP contribution < -0.4 is 10.2 Å². The summed E-state index contributed by atoms with van der Waals surface area (Å²) in [7, 11) is 0. The zero-order valence-electron chi connectivity index (χ0n) is 14.5. The number of aryl methyl sites for hydroxylation is 1. The molecule has 0 radical (unpaired) electrons. The Morgan fingerprint density at radius 2 is 1.96 bits per heavy atom. The summed E-state index contributed by atoms with van der Waals surface area (Å²) in [6.07, 6.45) is 10.2. The van der Waals surface area contributed by atoms with Crippen LogP contribution in [0.25, 0.3) is 0 Å². The minimum Gasteiger partial charge on any atom is -0.349 e. The minimum absolute atomic E-state index is 0.0530. The lowest BCUT2D eigenvalue weighted by Crippen LogP contribution is -2.31. The van der Waals surface area contributed by atoms with E-state index in [-0.39, 0.29) is 11.9 Å². The fourth-order valence-electron chi connectivity index (χ4n) is 2.98. The van der Waals surface area contributed by atoms with Crippen molar-refractivity contribution in [2.45, 2.75) is 52.0 Å². The molecule has 2 heterocycles. The van der Waals surface area contributed by atoms with E-state index in [0.29, 0.717) is 5.75 Å². The van der Waals surface area contributed by atoms with Crippen molar-refractivity contribution < 1.29 is 4.79 Å². The second kappa shape index (κ2) is 9.11. The molecule has 1 atom stereocenters. The van der Waals surface area contributed by atoms with Gasteiger partial charge in [-0.2, -0.15) is 11.8 Å². The summed E-state index contributed by atoms with van der Waals surface area (Å²) in [6.45, 7) is 6.07. The number of anilines is 1. The zero-order chi connectivity index (χ0) is 16.7. The van der Waals surface area contributed by atoms with Gasteiger partial charge in [0.2, 0.25) is 11.9 Å². The van der Waals surface area contributed by atoms with E-state index in [2.05, 4.69) is 15.2 Å². The zero-order valence-corrected chi connectivity index (χ0v) is 15.3. The van der Waals surface area contributed by atoms with E-state index in [4.69, 9.17) is 4.98 Å². The molecule has 1 saturated heterocycles. The molecule has 6 heteroatoms. The molecule has 0 aliphatic carbocycles. The van der Waals surface area contributed by atoms with E-state index < -0.39 is 0 Å². The largest absolute Gasteiger partial charge is 0.349 e. The Morgan fingerprint density at radius 1 is 1.30 bits per heavy atom. The van der Waals surface area contributed by atoms with Gasteiger partial charge in [0.1, 0.15) is 0 Å². The van der Waals surface area contributed by atoms with Gasteiger partial charge in [-0.25, -0.2) is 9.97 Å². The van der Waals surface area contributed by atoms with Crippen LogP contribution in [0.1, 0.15) is 56.3 Å². The summed E-state index contributed by atoms with van der Waals surface area (Å²) in [4.78, 5) is 23.3. The third-order valence-electron chi connectivity index (χ3n) is 4.26. The smallest absolute Gasteiger partial charge is 0.230 e. The average Bonchev–Trinajstić information content (AvgIpc) is 2.46. The molecule has 0 spiro atoms. The van der Waals surface area contributed by atoms with Crippen LogP contribution in [0, 0.1) is 6.92 Å². The first kappa shape index (κ1) is 18.0. The molecule has 0 saturated carbocycles. The third kappa shape index (κ3) is 5.37. The van der Waals surface area contributed by atoms with Gasteiger partial charge in [-0.1, -0.05) is 19.3 Å². The van der Waals surface area contributed by atoms with E-state index in [1.54, 1.807) is 0 Å². The van der Waals surface area contributed by atoms with Gasteiger partial charge in [0.25, 0.3) is 0 Å². The number of carbonyl (C=O) groups excluding carboxylic acids is 1. The molecule has 23 heavy (non-hydrogen) atoms. The van der Waals surface area contributed by atoms with Crippen molar-refractivity contribution in [1.82, 2.24) is 15.3 Å². The van der Waals surface area contributed by atoms with Crippen LogP contribution in [0.4, 0.5) is 5.95 Å². The Labute approximate surface area is 143 Å². The molecule has 128 valence electrons. The number of carbonyl (C=O) groups is 1. The Morgan fingerprint density at radius 3 is 2.57 bits per heavy atom. The molecule has 0 aromatic carbocycles. The Bertz CT molecular complexity index is 515. The van der Waals surface area contributed by atoms with Gasteiger partial charge >= 0.3 is 0 Å². The van der Waals surface area contributed by atoms with Gasteiger partial charge in [-0.3, -0.25) is 4.79 Å². The second-order valence-electron chi connectivity index (χ2n) is 6.19. The first-order valence-corrected chi connectivity index (χ1v) is 9.88. The number of hydrogen-bond donors (Lipinski definition) is 1. The Hall–Kier alpha value is -1.30. The van der Waals surface area contributed by atoms with Gasteiger partial charge < -0.3 is 10.2 Å². The molecule has 1 N–H and O–H groups in total. The Balaban J connectivity index is 2.05. The first-order chi connectivity index (χ1) is 11.1. The summed E-state index contributed by atoms with van der Waals surface area (Å²) in [5.74, 6) is 1.36. The first-order valence-electron chi connectivity index (χ1n) is 8.48. The maximum Gasteiger partial charge on any atom is 0.230 e. The van der Waals surface area contributed by atoms with Gasteiger partial charge in [-0.05, 0) is 32.9 Å². The number of rotatable bonds is 5. The van der Waals surface area contributed by atoms with E-state index in [9.17, 15) is 4.79 Å². The monoisotopic (exact) mass is 336 g/mol. The number of thioether (sulfide) groups is 1. The fourth-order valence-corrected chi connectivity index (χ4v) is 3.33. The standard InChI is InChI=1S/C17H28N4OS/c1-13(19-16(22)12-23-3)15-11-18-17(20-14(15)2)21-9-7-5-4-6-8-10-21/h11,13H,4-10,12H2,1-3H3,(H,19,22)/t13-/m0/s1. The SMILES string of the molecule is CSCC(=O)N[C@@H](C)c1cnc(N2CCCCCCC2)nc1C. The molecule has 2 rings (SSSR count). The fraction of sp³-hybridized carbons (Fsp3) is 0.706. The predicted octanol–water partition coefficient (Wildman–Crippen LogP) is 3.10. The van der Waals surface area contributed by atoms with Crippen molar-refractivity contribution in [3.8, 4) is 0 Å². The maximum absolute atomic E-state index is 11.7. The normalized spacial score (nSPS) is 17.3. The van der Waals surface area contributed by atoms with E-state index in [1.807, 2.05) is 26.3 Å². The van der Waals surface area contributed by atoms with Crippen LogP contribution in [0.5, 0.6) is 0 Å². The topological polar surface area (TPSA) is 58.1 Å². The molecular formula is C17H28N4OS. The third-order valence-corrected chi connectivity index (χ3v) is 4.81. The lowest BCUT2D eigenvalue weighted by molar-refractivity contribution is -0.119. The highest BCUT2D eigenvalue weighted by Gasteiger charge is 2.16. The van der Waals surface area contributed by atoms with Crippen molar-refractivity contribution >= 4 is 23.6 Å². The highest BCUT2D eigenvalue weighted by atomic mass is 32.2. The molecule has 0 bridgehead atoms. The van der Waals surface area contributed by atoms with Gasteiger partial charge in [0.05, 0.1) is 11.8 Å². The molecule has 5 nitrogen and oxygen atoms in total. The van der Waals surface area contributed by atoms with Crippen molar-refractivity contribution in [1.29, 1.82) is 0 Å². The van der Waals surface area contributed by atoms with E-state index in [0.717, 1.165) is 30.3 Å². The van der Waals surface area contributed by atoms with Crippen LogP contribution in [-0.4, -0.2) is 41.0 Å². The summed E-state index contributed by atoms with van der Waals surface area (Å²) in [6, 6.07) is -0.0592. The van der Waals surface area contributed by atoms with Crippen molar-refractivity contribution in [3.05, 3.63) is 17.5 Å². The molecule has 0 unspecified atom stereocenters. The predicted molar refractivity (Wildman–Crippen MR) is 97.0 cm³/mol. The number of nitrogens with one attached hydrogen (secondary N) is 1. The van der Waals surface area contributed by atoms with Crippen LogP contribution in [-0.2, 0) is 4.79 Å². The van der Waals surface area contributed by atoms with E-state index >= 15 is 0 Å². The summed E-state index contributed by atoms with van der Waals surface area (Å²) < 4.78 is 0. The molecule has 1 aromatic heterocycles. The second-order valence-corrected chi connectivity index (χ2v) is 7.05. The van der Waals surface area contributed by atoms with Gasteiger partial charge in [-0.15, -0.1) is 0 Å². The lowest BCUT2D eigenvalue weighted by Gasteiger charge is -2.25. The van der Waals surface area contributed by atoms with Crippen LogP contribution in [0.3, 0.4) is 0 Å². The number of aromatic nitrogens is 2. The van der Waals surface area contributed by atoms with Crippen LogP contribution in [0.2, 0.25) is 0 Å².